The van der Waals surface area contributed by atoms with Gasteiger partial charge in [-0.3, -0.25) is 0 Å². The summed E-state index contributed by atoms with van der Waals surface area (Å²) in [6.45, 7) is 6.65. The van der Waals surface area contributed by atoms with Gasteiger partial charge >= 0.3 is 0 Å². The number of aliphatic hydroxyl groups is 1. The molecule has 1 heterocycles. The van der Waals surface area contributed by atoms with Crippen LogP contribution in [-0.4, -0.2) is 27.4 Å². The highest BCUT2D eigenvalue weighted by Crippen LogP contribution is 2.32. The normalized spacial score (nSPS) is 27.3. The SMILES string of the molecule is Cc1c(Cl)nnc(NCC2(O)CCC(C)CC2)c1C. The van der Waals surface area contributed by atoms with Gasteiger partial charge in [-0.1, -0.05) is 18.5 Å². The molecule has 2 rings (SSSR count). The molecule has 0 unspecified atom stereocenters. The number of hydrogen-bond acceptors (Lipinski definition) is 4. The van der Waals surface area contributed by atoms with Gasteiger partial charge in [0.15, 0.2) is 11.0 Å². The fourth-order valence-corrected chi connectivity index (χ4v) is 2.65. The zero-order valence-corrected chi connectivity index (χ0v) is 12.6. The molecule has 106 valence electrons. The second-order valence-electron chi connectivity index (χ2n) is 5.85. The molecule has 0 aromatic carbocycles. The minimum absolute atomic E-state index is 0.438. The Morgan fingerprint density at radius 2 is 1.89 bits per heavy atom. The van der Waals surface area contributed by atoms with Crippen molar-refractivity contribution in [1.29, 1.82) is 0 Å². The van der Waals surface area contributed by atoms with Crippen LogP contribution in [0.1, 0.15) is 43.7 Å². The van der Waals surface area contributed by atoms with Crippen LogP contribution in [0.2, 0.25) is 5.15 Å². The van der Waals surface area contributed by atoms with E-state index in [1.54, 1.807) is 0 Å². The average Bonchev–Trinajstić information content (AvgIpc) is 2.39. The molecule has 0 saturated heterocycles. The average molecular weight is 284 g/mol. The first kappa shape index (κ1) is 14.5. The van der Waals surface area contributed by atoms with E-state index in [-0.39, 0.29) is 0 Å². The number of halogens is 1. The van der Waals surface area contributed by atoms with Crippen molar-refractivity contribution < 1.29 is 5.11 Å². The first-order valence-corrected chi connectivity index (χ1v) is 7.25. The Morgan fingerprint density at radius 3 is 2.53 bits per heavy atom. The summed E-state index contributed by atoms with van der Waals surface area (Å²) in [5, 5.41) is 22.2. The zero-order valence-electron chi connectivity index (χ0n) is 11.8. The van der Waals surface area contributed by atoms with Crippen LogP contribution in [0.3, 0.4) is 0 Å². The zero-order chi connectivity index (χ0) is 14.0. The maximum Gasteiger partial charge on any atom is 0.155 e. The molecule has 0 aliphatic heterocycles. The second kappa shape index (κ2) is 5.63. The van der Waals surface area contributed by atoms with Crippen LogP contribution < -0.4 is 5.32 Å². The number of aromatic nitrogens is 2. The van der Waals surface area contributed by atoms with Gasteiger partial charge < -0.3 is 10.4 Å². The lowest BCUT2D eigenvalue weighted by Crippen LogP contribution is -2.40. The largest absolute Gasteiger partial charge is 0.388 e. The Morgan fingerprint density at radius 1 is 1.26 bits per heavy atom. The van der Waals surface area contributed by atoms with E-state index in [0.717, 1.165) is 42.7 Å². The molecular formula is C14H22ClN3O. The smallest absolute Gasteiger partial charge is 0.155 e. The molecule has 2 N–H and O–H groups in total. The Labute approximate surface area is 119 Å². The highest BCUT2D eigenvalue weighted by Gasteiger charge is 2.31. The van der Waals surface area contributed by atoms with Gasteiger partial charge in [0.2, 0.25) is 0 Å². The van der Waals surface area contributed by atoms with Gasteiger partial charge in [0.25, 0.3) is 0 Å². The fraction of sp³-hybridized carbons (Fsp3) is 0.714. The van der Waals surface area contributed by atoms with Crippen LogP contribution in [0, 0.1) is 19.8 Å². The van der Waals surface area contributed by atoms with Crippen molar-refractivity contribution in [3.63, 3.8) is 0 Å². The predicted octanol–water partition coefficient (Wildman–Crippen LogP) is 3.10. The molecule has 0 amide bonds. The van der Waals surface area contributed by atoms with Crippen molar-refractivity contribution in [2.24, 2.45) is 5.92 Å². The molecule has 19 heavy (non-hydrogen) atoms. The van der Waals surface area contributed by atoms with Crippen molar-refractivity contribution in [3.05, 3.63) is 16.3 Å². The van der Waals surface area contributed by atoms with E-state index < -0.39 is 5.60 Å². The third-order valence-electron chi connectivity index (χ3n) is 4.25. The summed E-state index contributed by atoms with van der Waals surface area (Å²) in [6, 6.07) is 0. The van der Waals surface area contributed by atoms with Gasteiger partial charge in [-0.2, -0.15) is 0 Å². The number of anilines is 1. The van der Waals surface area contributed by atoms with Gasteiger partial charge in [0.1, 0.15) is 0 Å². The third kappa shape index (κ3) is 3.37. The number of nitrogens with one attached hydrogen (secondary N) is 1. The Bertz CT molecular complexity index is 456. The third-order valence-corrected chi connectivity index (χ3v) is 4.61. The van der Waals surface area contributed by atoms with Crippen LogP contribution in [0.25, 0.3) is 0 Å². The van der Waals surface area contributed by atoms with Crippen molar-refractivity contribution in [2.75, 3.05) is 11.9 Å². The van der Waals surface area contributed by atoms with E-state index in [4.69, 9.17) is 11.6 Å². The van der Waals surface area contributed by atoms with Gasteiger partial charge in [-0.05, 0) is 56.6 Å². The van der Waals surface area contributed by atoms with Crippen molar-refractivity contribution in [3.8, 4) is 0 Å². The summed E-state index contributed by atoms with van der Waals surface area (Å²) in [7, 11) is 0. The summed E-state index contributed by atoms with van der Waals surface area (Å²) in [6.07, 6.45) is 3.87. The van der Waals surface area contributed by atoms with Crippen molar-refractivity contribution in [2.45, 2.75) is 52.1 Å². The van der Waals surface area contributed by atoms with Crippen LogP contribution in [0.4, 0.5) is 5.82 Å². The summed E-state index contributed by atoms with van der Waals surface area (Å²) in [4.78, 5) is 0. The Balaban J connectivity index is 2.01. The van der Waals surface area contributed by atoms with E-state index in [1.165, 1.54) is 0 Å². The number of rotatable bonds is 3. The first-order valence-electron chi connectivity index (χ1n) is 6.87. The van der Waals surface area contributed by atoms with E-state index in [1.807, 2.05) is 13.8 Å². The number of nitrogens with zero attached hydrogens (tertiary/aromatic N) is 2. The van der Waals surface area contributed by atoms with E-state index in [2.05, 4.69) is 22.4 Å². The molecular weight excluding hydrogens is 262 g/mol. The molecule has 0 atom stereocenters. The molecule has 0 spiro atoms. The Kier molecular flexibility index (Phi) is 4.31. The molecule has 4 nitrogen and oxygen atoms in total. The van der Waals surface area contributed by atoms with Gasteiger partial charge in [0.05, 0.1) is 5.60 Å². The number of hydrogen-bond donors (Lipinski definition) is 2. The summed E-state index contributed by atoms with van der Waals surface area (Å²) >= 11 is 5.93. The summed E-state index contributed by atoms with van der Waals surface area (Å²) in [5.41, 5.74) is 1.31. The monoisotopic (exact) mass is 283 g/mol. The van der Waals surface area contributed by atoms with Gasteiger partial charge in [-0.15, -0.1) is 10.2 Å². The maximum absolute atomic E-state index is 10.5. The molecule has 1 saturated carbocycles. The maximum atomic E-state index is 10.5. The van der Waals surface area contributed by atoms with Crippen molar-refractivity contribution in [1.82, 2.24) is 10.2 Å². The lowest BCUT2D eigenvalue weighted by atomic mass is 9.79. The summed E-state index contributed by atoms with van der Waals surface area (Å²) < 4.78 is 0. The van der Waals surface area contributed by atoms with Crippen LogP contribution in [0.5, 0.6) is 0 Å². The lowest BCUT2D eigenvalue weighted by Gasteiger charge is -2.35. The quantitative estimate of drug-likeness (QED) is 0.895. The van der Waals surface area contributed by atoms with Crippen LogP contribution in [-0.2, 0) is 0 Å². The van der Waals surface area contributed by atoms with Crippen LogP contribution >= 0.6 is 11.6 Å². The van der Waals surface area contributed by atoms with Crippen LogP contribution in [0.15, 0.2) is 0 Å². The highest BCUT2D eigenvalue weighted by atomic mass is 35.5. The standard InChI is InChI=1S/C14H22ClN3O/c1-9-4-6-14(19,7-5-9)8-16-13-11(3)10(2)12(15)17-18-13/h9,19H,4-8H2,1-3H3,(H,16,18). The predicted molar refractivity (Wildman–Crippen MR) is 77.6 cm³/mol. The summed E-state index contributed by atoms with van der Waals surface area (Å²) in [5.74, 6) is 1.44. The van der Waals surface area contributed by atoms with Crippen molar-refractivity contribution >= 4 is 17.4 Å². The molecule has 1 fully saturated rings. The minimum atomic E-state index is -0.617. The molecule has 1 aromatic rings. The minimum Gasteiger partial charge on any atom is -0.388 e. The van der Waals surface area contributed by atoms with E-state index in [0.29, 0.717) is 17.5 Å². The Hall–Kier alpha value is -0.870. The van der Waals surface area contributed by atoms with Gasteiger partial charge in [-0.25, -0.2) is 0 Å². The van der Waals surface area contributed by atoms with Gasteiger partial charge in [0, 0.05) is 6.54 Å². The van der Waals surface area contributed by atoms with E-state index >= 15 is 0 Å². The molecule has 0 radical (unpaired) electrons. The van der Waals surface area contributed by atoms with E-state index in [9.17, 15) is 5.11 Å². The lowest BCUT2D eigenvalue weighted by molar-refractivity contribution is 0.00493. The molecule has 1 aliphatic rings. The highest BCUT2D eigenvalue weighted by molar-refractivity contribution is 6.30. The molecule has 1 aliphatic carbocycles. The second-order valence-corrected chi connectivity index (χ2v) is 6.21. The fourth-order valence-electron chi connectivity index (χ4n) is 2.47. The topological polar surface area (TPSA) is 58.0 Å². The molecule has 5 heteroatoms. The molecule has 0 bridgehead atoms. The molecule has 1 aromatic heterocycles. The first-order chi connectivity index (χ1) is 8.91.